The Kier molecular flexibility index (Phi) is 12.9. The van der Waals surface area contributed by atoms with Crippen LogP contribution in [0.25, 0.3) is 0 Å². The molecule has 0 aromatic rings. The van der Waals surface area contributed by atoms with Gasteiger partial charge in [0.25, 0.3) is 0 Å². The van der Waals surface area contributed by atoms with E-state index in [4.69, 9.17) is 0 Å². The summed E-state index contributed by atoms with van der Waals surface area (Å²) in [6.07, 6.45) is 5.15. The number of thioether (sulfide) groups is 1. The zero-order valence-electron chi connectivity index (χ0n) is 14.9. The molecule has 0 saturated carbocycles. The van der Waals surface area contributed by atoms with Gasteiger partial charge in [-0.15, -0.1) is 24.0 Å². The smallest absolute Gasteiger partial charge is 0.191 e. The molecular weight excluding hydrogens is 407 g/mol. The van der Waals surface area contributed by atoms with E-state index >= 15 is 0 Å². The van der Waals surface area contributed by atoms with Crippen molar-refractivity contribution in [1.29, 1.82) is 0 Å². The number of likely N-dealkylation sites (N-methyl/N-ethyl adjacent to an activating group) is 1. The van der Waals surface area contributed by atoms with E-state index in [-0.39, 0.29) is 24.0 Å². The van der Waals surface area contributed by atoms with Crippen molar-refractivity contribution in [2.45, 2.75) is 50.8 Å². The van der Waals surface area contributed by atoms with Crippen LogP contribution in [0.15, 0.2) is 4.99 Å². The van der Waals surface area contributed by atoms with Gasteiger partial charge in [0.2, 0.25) is 0 Å². The Labute approximate surface area is 158 Å². The van der Waals surface area contributed by atoms with Crippen molar-refractivity contribution in [2.24, 2.45) is 10.9 Å². The van der Waals surface area contributed by atoms with Gasteiger partial charge in [0.05, 0.1) is 0 Å². The third kappa shape index (κ3) is 7.73. The van der Waals surface area contributed by atoms with Gasteiger partial charge in [0, 0.05) is 31.4 Å². The Bertz CT molecular complexity index is 303. The highest BCUT2D eigenvalue weighted by atomic mass is 127. The molecule has 2 atom stereocenters. The van der Waals surface area contributed by atoms with Gasteiger partial charge in [0.15, 0.2) is 5.96 Å². The molecular formula is C16H35IN4S. The van der Waals surface area contributed by atoms with E-state index in [2.05, 4.69) is 60.2 Å². The SMILES string of the molecule is CCC(CC)C(CNC(=NC)NCC1CCCS1)N(C)C.I. The van der Waals surface area contributed by atoms with E-state index in [1.165, 1.54) is 31.4 Å². The Hall–Kier alpha value is 0.310. The molecule has 1 aliphatic rings. The molecule has 0 aromatic heterocycles. The topological polar surface area (TPSA) is 39.7 Å². The maximum atomic E-state index is 4.36. The highest BCUT2D eigenvalue weighted by Crippen LogP contribution is 2.25. The molecule has 2 unspecified atom stereocenters. The second-order valence-corrected chi connectivity index (χ2v) is 7.48. The monoisotopic (exact) mass is 442 g/mol. The fourth-order valence-corrected chi connectivity index (χ4v) is 4.24. The quantitative estimate of drug-likeness (QED) is 0.345. The van der Waals surface area contributed by atoms with Crippen LogP contribution in [0.5, 0.6) is 0 Å². The highest BCUT2D eigenvalue weighted by molar-refractivity contribution is 14.0. The van der Waals surface area contributed by atoms with Gasteiger partial charge < -0.3 is 15.5 Å². The summed E-state index contributed by atoms with van der Waals surface area (Å²) in [5, 5.41) is 7.75. The Morgan fingerprint density at radius 3 is 2.41 bits per heavy atom. The molecule has 1 aliphatic heterocycles. The minimum atomic E-state index is 0. The largest absolute Gasteiger partial charge is 0.355 e. The van der Waals surface area contributed by atoms with E-state index in [0.717, 1.165) is 30.2 Å². The van der Waals surface area contributed by atoms with Crippen molar-refractivity contribution >= 4 is 41.7 Å². The summed E-state index contributed by atoms with van der Waals surface area (Å²) in [6.45, 7) is 6.56. The average Bonchev–Trinajstić information content (AvgIpc) is 2.99. The summed E-state index contributed by atoms with van der Waals surface area (Å²) in [6, 6.07) is 0.555. The van der Waals surface area contributed by atoms with Crippen LogP contribution in [0.1, 0.15) is 39.5 Å². The Morgan fingerprint density at radius 1 is 1.27 bits per heavy atom. The van der Waals surface area contributed by atoms with Crippen LogP contribution < -0.4 is 10.6 Å². The Balaban J connectivity index is 0.00000441. The van der Waals surface area contributed by atoms with Gasteiger partial charge in [-0.25, -0.2) is 0 Å². The number of hydrogen-bond acceptors (Lipinski definition) is 3. The number of nitrogens with zero attached hydrogens (tertiary/aromatic N) is 2. The number of aliphatic imine (C=N–C) groups is 1. The molecule has 2 N–H and O–H groups in total. The predicted octanol–water partition coefficient (Wildman–Crippen LogP) is 3.03. The van der Waals surface area contributed by atoms with Crippen LogP contribution >= 0.6 is 35.7 Å². The zero-order valence-corrected chi connectivity index (χ0v) is 18.0. The molecule has 0 spiro atoms. The van der Waals surface area contributed by atoms with Crippen molar-refractivity contribution in [3.8, 4) is 0 Å². The number of rotatable bonds is 8. The molecule has 132 valence electrons. The van der Waals surface area contributed by atoms with E-state index in [9.17, 15) is 0 Å². The fourth-order valence-electron chi connectivity index (χ4n) is 3.04. The molecule has 6 heteroatoms. The fraction of sp³-hybridized carbons (Fsp3) is 0.938. The number of nitrogens with one attached hydrogen (secondary N) is 2. The lowest BCUT2D eigenvalue weighted by molar-refractivity contribution is 0.200. The minimum absolute atomic E-state index is 0. The predicted molar refractivity (Wildman–Crippen MR) is 112 cm³/mol. The normalized spacial score (nSPS) is 20.1. The first-order chi connectivity index (χ1) is 10.1. The molecule has 4 nitrogen and oxygen atoms in total. The van der Waals surface area contributed by atoms with Crippen molar-refractivity contribution in [2.75, 3.05) is 40.0 Å². The summed E-state index contributed by atoms with van der Waals surface area (Å²) in [4.78, 5) is 6.70. The van der Waals surface area contributed by atoms with Crippen molar-refractivity contribution in [1.82, 2.24) is 15.5 Å². The highest BCUT2D eigenvalue weighted by Gasteiger charge is 2.21. The number of guanidine groups is 1. The van der Waals surface area contributed by atoms with Gasteiger partial charge >= 0.3 is 0 Å². The maximum Gasteiger partial charge on any atom is 0.191 e. The van der Waals surface area contributed by atoms with Crippen LogP contribution in [0.2, 0.25) is 0 Å². The molecule has 0 bridgehead atoms. The zero-order chi connectivity index (χ0) is 15.7. The molecule has 0 aliphatic carbocycles. The van der Waals surface area contributed by atoms with Crippen LogP contribution in [0, 0.1) is 5.92 Å². The van der Waals surface area contributed by atoms with Gasteiger partial charge in [-0.2, -0.15) is 11.8 Å². The molecule has 0 aromatic carbocycles. The van der Waals surface area contributed by atoms with Gasteiger partial charge in [0.1, 0.15) is 0 Å². The summed E-state index contributed by atoms with van der Waals surface area (Å²) in [5.41, 5.74) is 0. The molecule has 1 heterocycles. The Morgan fingerprint density at radius 2 is 1.95 bits per heavy atom. The van der Waals surface area contributed by atoms with Gasteiger partial charge in [-0.3, -0.25) is 4.99 Å². The van der Waals surface area contributed by atoms with Crippen LogP contribution in [0.4, 0.5) is 0 Å². The summed E-state index contributed by atoms with van der Waals surface area (Å²) in [7, 11) is 6.21. The lowest BCUT2D eigenvalue weighted by Crippen LogP contribution is -2.48. The standard InChI is InChI=1S/C16H34N4S.HI/c1-6-13(7-2)15(20(4)5)12-19-16(17-3)18-11-14-9-8-10-21-14;/h13-15H,6-12H2,1-5H3,(H2,17,18,19);1H. The van der Waals surface area contributed by atoms with Crippen LogP contribution in [-0.2, 0) is 0 Å². The molecule has 0 amide bonds. The first-order valence-corrected chi connectivity index (χ1v) is 9.39. The molecule has 1 rings (SSSR count). The van der Waals surface area contributed by atoms with Crippen LogP contribution in [0.3, 0.4) is 0 Å². The summed E-state index contributed by atoms with van der Waals surface area (Å²) < 4.78 is 0. The third-order valence-corrected chi connectivity index (χ3v) is 5.88. The molecule has 0 radical (unpaired) electrons. The van der Waals surface area contributed by atoms with Crippen LogP contribution in [-0.4, -0.2) is 62.1 Å². The lowest BCUT2D eigenvalue weighted by Gasteiger charge is -2.32. The van der Waals surface area contributed by atoms with E-state index < -0.39 is 0 Å². The van der Waals surface area contributed by atoms with E-state index in [0.29, 0.717) is 6.04 Å². The van der Waals surface area contributed by atoms with Gasteiger partial charge in [-0.1, -0.05) is 26.7 Å². The molecule has 1 saturated heterocycles. The van der Waals surface area contributed by atoms with Crippen molar-refractivity contribution in [3.05, 3.63) is 0 Å². The lowest BCUT2D eigenvalue weighted by atomic mass is 9.93. The van der Waals surface area contributed by atoms with Gasteiger partial charge in [-0.05, 0) is 38.6 Å². The number of hydrogen-bond donors (Lipinski definition) is 2. The minimum Gasteiger partial charge on any atom is -0.355 e. The summed E-state index contributed by atoms with van der Waals surface area (Å²) >= 11 is 2.08. The third-order valence-electron chi connectivity index (χ3n) is 4.48. The van der Waals surface area contributed by atoms with E-state index in [1.807, 2.05) is 7.05 Å². The van der Waals surface area contributed by atoms with Crippen molar-refractivity contribution in [3.63, 3.8) is 0 Å². The molecule has 22 heavy (non-hydrogen) atoms. The summed E-state index contributed by atoms with van der Waals surface area (Å²) in [5.74, 6) is 2.99. The second kappa shape index (κ2) is 12.7. The average molecular weight is 442 g/mol. The maximum absolute atomic E-state index is 4.36. The first-order valence-electron chi connectivity index (χ1n) is 8.34. The molecule has 1 fully saturated rings. The first kappa shape index (κ1) is 22.3. The van der Waals surface area contributed by atoms with E-state index in [1.54, 1.807) is 0 Å². The number of halogens is 1. The van der Waals surface area contributed by atoms with Crippen molar-refractivity contribution < 1.29 is 0 Å². The second-order valence-electron chi connectivity index (χ2n) is 6.08.